The van der Waals surface area contributed by atoms with E-state index >= 15 is 0 Å². The van der Waals surface area contributed by atoms with E-state index < -0.39 is 14.6 Å². The van der Waals surface area contributed by atoms with Crippen molar-refractivity contribution in [3.63, 3.8) is 0 Å². The molecule has 0 radical (unpaired) electrons. The minimum absolute atomic E-state index is 0.00304. The van der Waals surface area contributed by atoms with Crippen LogP contribution in [-0.2, 0) is 22.7 Å². The molecule has 1 aliphatic carbocycles. The van der Waals surface area contributed by atoms with E-state index in [-0.39, 0.29) is 18.3 Å². The number of nitrogens with one attached hydrogen (secondary N) is 1. The number of hydrogen-bond acceptors (Lipinski definition) is 3. The largest absolute Gasteiger partial charge is 0.370 e. The molecule has 0 atom stereocenters. The third kappa shape index (κ3) is 4.00. The van der Waals surface area contributed by atoms with Gasteiger partial charge in [-0.05, 0) is 63.3 Å². The number of rotatable bonds is 4. The van der Waals surface area contributed by atoms with Crippen LogP contribution < -0.4 is 11.1 Å². The zero-order valence-corrected chi connectivity index (χ0v) is 14.3. The molecule has 0 heterocycles. The number of aliphatic imine (C=N–C) groups is 1. The zero-order chi connectivity index (χ0) is 16.4. The number of nitrogens with two attached hydrogens (primary N) is 1. The number of fused-ring (bicyclic) bond motifs is 1. The lowest BCUT2D eigenvalue weighted by molar-refractivity contribution is 0.560. The van der Waals surface area contributed by atoms with Crippen LogP contribution in [0.3, 0.4) is 0 Å². The normalized spacial score (nSPS) is 15.7. The molecule has 122 valence electrons. The molecule has 1 aliphatic rings. The molecule has 6 heteroatoms. The number of sulfone groups is 1. The molecule has 0 saturated carbocycles. The van der Waals surface area contributed by atoms with Gasteiger partial charge in [-0.2, -0.15) is 0 Å². The molecule has 0 fully saturated rings. The lowest BCUT2D eigenvalue weighted by atomic mass is 10.1. The van der Waals surface area contributed by atoms with E-state index in [1.54, 1.807) is 20.8 Å². The number of benzene rings is 1. The summed E-state index contributed by atoms with van der Waals surface area (Å²) in [6, 6.07) is 6.19. The fraction of sp³-hybridized carbons (Fsp3) is 0.562. The van der Waals surface area contributed by atoms with Crippen molar-refractivity contribution < 1.29 is 8.42 Å². The maximum absolute atomic E-state index is 12.0. The van der Waals surface area contributed by atoms with Gasteiger partial charge in [-0.3, -0.25) is 4.99 Å². The molecule has 5 nitrogen and oxygen atoms in total. The molecule has 3 N–H and O–H groups in total. The fourth-order valence-corrected chi connectivity index (χ4v) is 3.37. The van der Waals surface area contributed by atoms with Crippen LogP contribution >= 0.6 is 0 Å². The lowest BCUT2D eigenvalue weighted by Crippen LogP contribution is -2.32. The molecule has 0 bridgehead atoms. The minimum Gasteiger partial charge on any atom is -0.370 e. The van der Waals surface area contributed by atoms with Crippen molar-refractivity contribution in [2.24, 2.45) is 10.7 Å². The maximum atomic E-state index is 12.0. The summed E-state index contributed by atoms with van der Waals surface area (Å²) in [5.41, 5.74) is 9.49. The highest BCUT2D eigenvalue weighted by atomic mass is 32.2. The monoisotopic (exact) mass is 323 g/mol. The predicted octanol–water partition coefficient (Wildman–Crippen LogP) is 2.12. The Balaban J connectivity index is 1.94. The van der Waals surface area contributed by atoms with Crippen LogP contribution in [0.4, 0.5) is 5.69 Å². The molecule has 0 unspecified atom stereocenters. The highest BCUT2D eigenvalue weighted by Gasteiger charge is 2.28. The predicted molar refractivity (Wildman–Crippen MR) is 92.1 cm³/mol. The lowest BCUT2D eigenvalue weighted by Gasteiger charge is -2.18. The van der Waals surface area contributed by atoms with Gasteiger partial charge in [-0.1, -0.05) is 6.07 Å². The summed E-state index contributed by atoms with van der Waals surface area (Å²) in [7, 11) is -3.16. The van der Waals surface area contributed by atoms with Crippen molar-refractivity contribution in [1.29, 1.82) is 0 Å². The van der Waals surface area contributed by atoms with E-state index in [0.29, 0.717) is 0 Å². The Hall–Kier alpha value is -1.56. The van der Waals surface area contributed by atoms with E-state index in [0.717, 1.165) is 18.5 Å². The molecule has 0 aliphatic heterocycles. The van der Waals surface area contributed by atoms with Crippen molar-refractivity contribution in [2.45, 2.75) is 44.8 Å². The second-order valence-electron chi connectivity index (χ2n) is 6.66. The number of anilines is 1. The third-order valence-electron chi connectivity index (χ3n) is 3.95. The molecule has 1 aromatic carbocycles. The summed E-state index contributed by atoms with van der Waals surface area (Å²) in [5.74, 6) is 0.255. The van der Waals surface area contributed by atoms with Gasteiger partial charge < -0.3 is 11.1 Å². The van der Waals surface area contributed by atoms with E-state index in [9.17, 15) is 8.42 Å². The highest BCUT2D eigenvalue weighted by molar-refractivity contribution is 7.92. The van der Waals surface area contributed by atoms with Gasteiger partial charge in [-0.15, -0.1) is 0 Å². The quantitative estimate of drug-likeness (QED) is 0.656. The van der Waals surface area contributed by atoms with Gasteiger partial charge in [-0.25, -0.2) is 8.42 Å². The number of hydrogen-bond donors (Lipinski definition) is 2. The van der Waals surface area contributed by atoms with Crippen molar-refractivity contribution in [3.05, 3.63) is 29.3 Å². The van der Waals surface area contributed by atoms with Gasteiger partial charge in [0.25, 0.3) is 0 Å². The first kappa shape index (κ1) is 16.8. The fourth-order valence-electron chi connectivity index (χ4n) is 2.43. The number of aryl methyl sites for hydroxylation is 2. The van der Waals surface area contributed by atoms with Gasteiger partial charge in [0.15, 0.2) is 15.8 Å². The molecular weight excluding hydrogens is 298 g/mol. The van der Waals surface area contributed by atoms with Crippen LogP contribution in [0.25, 0.3) is 0 Å². The van der Waals surface area contributed by atoms with Gasteiger partial charge in [0, 0.05) is 5.69 Å². The number of guanidine groups is 1. The van der Waals surface area contributed by atoms with Crippen molar-refractivity contribution in [1.82, 2.24) is 0 Å². The Morgan fingerprint density at radius 3 is 2.64 bits per heavy atom. The first-order chi connectivity index (χ1) is 10.2. The number of nitrogens with zero attached hydrogens (tertiary/aromatic N) is 1. The summed E-state index contributed by atoms with van der Waals surface area (Å²) in [4.78, 5) is 4.12. The Morgan fingerprint density at radius 2 is 1.95 bits per heavy atom. The van der Waals surface area contributed by atoms with Crippen LogP contribution in [0.1, 0.15) is 38.3 Å². The van der Waals surface area contributed by atoms with Crippen molar-refractivity contribution in [2.75, 3.05) is 17.6 Å². The Morgan fingerprint density at radius 1 is 1.27 bits per heavy atom. The van der Waals surface area contributed by atoms with Gasteiger partial charge >= 0.3 is 0 Å². The topological polar surface area (TPSA) is 84.5 Å². The highest BCUT2D eigenvalue weighted by Crippen LogP contribution is 2.24. The third-order valence-corrected chi connectivity index (χ3v) is 6.53. The molecule has 1 aromatic rings. The summed E-state index contributed by atoms with van der Waals surface area (Å²) >= 11 is 0. The van der Waals surface area contributed by atoms with E-state index in [1.165, 1.54) is 17.5 Å². The summed E-state index contributed by atoms with van der Waals surface area (Å²) in [6.45, 7) is 5.25. The van der Waals surface area contributed by atoms with E-state index in [2.05, 4.69) is 22.4 Å². The molecular formula is C16H25N3O2S. The first-order valence-electron chi connectivity index (χ1n) is 7.60. The minimum atomic E-state index is -3.16. The SMILES string of the molecule is CC(C)(C)S(=O)(=O)CCN=C(N)Nc1ccc2c(c1)CCC2. The first-order valence-corrected chi connectivity index (χ1v) is 9.25. The molecule has 22 heavy (non-hydrogen) atoms. The van der Waals surface area contributed by atoms with Gasteiger partial charge in [0.05, 0.1) is 17.0 Å². The molecule has 0 spiro atoms. The van der Waals surface area contributed by atoms with Crippen LogP contribution in [0.5, 0.6) is 0 Å². The van der Waals surface area contributed by atoms with Gasteiger partial charge in [0.1, 0.15) is 0 Å². The Labute approximate surface area is 132 Å². The summed E-state index contributed by atoms with van der Waals surface area (Å²) in [5, 5.41) is 3.03. The Bertz CT molecular complexity index is 673. The second-order valence-corrected chi connectivity index (χ2v) is 9.52. The zero-order valence-electron chi connectivity index (χ0n) is 13.5. The van der Waals surface area contributed by atoms with Crippen molar-refractivity contribution in [3.8, 4) is 0 Å². The molecule has 0 aromatic heterocycles. The second kappa shape index (κ2) is 6.28. The van der Waals surface area contributed by atoms with E-state index in [1.807, 2.05) is 6.07 Å². The van der Waals surface area contributed by atoms with Gasteiger partial charge in [0.2, 0.25) is 0 Å². The van der Waals surface area contributed by atoms with Crippen LogP contribution in [0, 0.1) is 0 Å². The Kier molecular flexibility index (Phi) is 4.80. The average Bonchev–Trinajstić information content (AvgIpc) is 2.84. The average molecular weight is 323 g/mol. The van der Waals surface area contributed by atoms with Crippen molar-refractivity contribution >= 4 is 21.5 Å². The van der Waals surface area contributed by atoms with Crippen LogP contribution in [0.2, 0.25) is 0 Å². The summed E-state index contributed by atoms with van der Waals surface area (Å²) < 4.78 is 23.2. The van der Waals surface area contributed by atoms with E-state index in [4.69, 9.17) is 5.73 Å². The molecule has 2 rings (SSSR count). The van der Waals surface area contributed by atoms with Crippen LogP contribution in [-0.4, -0.2) is 31.4 Å². The smallest absolute Gasteiger partial charge is 0.193 e. The molecule has 0 amide bonds. The maximum Gasteiger partial charge on any atom is 0.193 e. The van der Waals surface area contributed by atoms with Crippen LogP contribution in [0.15, 0.2) is 23.2 Å². The molecule has 0 saturated heterocycles. The standard InChI is InChI=1S/C16H25N3O2S/c1-16(2,3)22(20,21)10-9-18-15(17)19-14-8-7-12-5-4-6-13(12)11-14/h7-8,11H,4-6,9-10H2,1-3H3,(H3,17,18,19). The summed E-state index contributed by atoms with van der Waals surface area (Å²) in [6.07, 6.45) is 3.45.